The van der Waals surface area contributed by atoms with Crippen LogP contribution in [-0.2, 0) is 16.1 Å². The summed E-state index contributed by atoms with van der Waals surface area (Å²) in [5.41, 5.74) is 1.28. The number of ether oxygens (including phenoxy) is 1. The molecule has 2 saturated heterocycles. The molecule has 0 radical (unpaired) electrons. The normalized spacial score (nSPS) is 27.8. The minimum Gasteiger partial charge on any atom is -0.497 e. The third-order valence-corrected chi connectivity index (χ3v) is 8.03. The number of benzene rings is 1. The highest BCUT2D eigenvalue weighted by Gasteiger charge is 2.63. The van der Waals surface area contributed by atoms with Gasteiger partial charge < -0.3 is 15.4 Å². The van der Waals surface area contributed by atoms with E-state index in [1.54, 1.807) is 14.2 Å². The molecule has 4 rings (SSSR count). The summed E-state index contributed by atoms with van der Waals surface area (Å²) in [4.78, 5) is 30.2. The Bertz CT molecular complexity index is 867. The first-order chi connectivity index (χ1) is 16.3. The minimum atomic E-state index is -0.0980. The van der Waals surface area contributed by atoms with E-state index in [0.717, 1.165) is 70.7 Å². The fourth-order valence-electron chi connectivity index (χ4n) is 6.04. The van der Waals surface area contributed by atoms with Gasteiger partial charge in [0, 0.05) is 39.1 Å². The van der Waals surface area contributed by atoms with Crippen LogP contribution in [0.15, 0.2) is 24.3 Å². The maximum absolute atomic E-state index is 13.0. The lowest BCUT2D eigenvalue weighted by molar-refractivity contribution is -0.125. The average molecular weight is 471 g/mol. The van der Waals surface area contributed by atoms with Gasteiger partial charge in [-0.1, -0.05) is 26.0 Å². The third kappa shape index (κ3) is 5.74. The fourth-order valence-corrected chi connectivity index (χ4v) is 6.04. The zero-order valence-electron chi connectivity index (χ0n) is 21.3. The highest BCUT2D eigenvalue weighted by molar-refractivity contribution is 5.85. The van der Waals surface area contributed by atoms with Crippen molar-refractivity contribution in [1.82, 2.24) is 20.4 Å². The smallest absolute Gasteiger partial charge is 0.237 e. The molecule has 1 aromatic carbocycles. The molecule has 7 nitrogen and oxygen atoms in total. The lowest BCUT2D eigenvalue weighted by atomic mass is 9.95. The van der Waals surface area contributed by atoms with E-state index in [9.17, 15) is 9.59 Å². The molecule has 7 heteroatoms. The summed E-state index contributed by atoms with van der Waals surface area (Å²) in [7, 11) is 3.41. The molecular weight excluding hydrogens is 428 g/mol. The minimum absolute atomic E-state index is 0.00372. The first-order valence-corrected chi connectivity index (χ1v) is 12.9. The summed E-state index contributed by atoms with van der Waals surface area (Å²) in [6.45, 7) is 9.97. The fraction of sp³-hybridized carbons (Fsp3) is 0.704. The number of carbonyl (C=O) groups is 2. The molecule has 2 aliphatic heterocycles. The molecule has 188 valence electrons. The second-order valence-electron chi connectivity index (χ2n) is 11.1. The lowest BCUT2D eigenvalue weighted by Crippen LogP contribution is -2.43. The summed E-state index contributed by atoms with van der Waals surface area (Å²) >= 11 is 0. The van der Waals surface area contributed by atoms with E-state index in [1.165, 1.54) is 5.56 Å². The summed E-state index contributed by atoms with van der Waals surface area (Å²) in [5, 5.41) is 6.09. The molecule has 1 saturated carbocycles. The van der Waals surface area contributed by atoms with Crippen molar-refractivity contribution in [2.75, 3.05) is 46.9 Å². The van der Waals surface area contributed by atoms with Crippen LogP contribution in [0.3, 0.4) is 0 Å². The topological polar surface area (TPSA) is 73.9 Å². The monoisotopic (exact) mass is 470 g/mol. The van der Waals surface area contributed by atoms with Gasteiger partial charge in [-0.15, -0.1) is 0 Å². The number of nitrogens with one attached hydrogen (secondary N) is 2. The van der Waals surface area contributed by atoms with Crippen LogP contribution in [0.25, 0.3) is 0 Å². The van der Waals surface area contributed by atoms with Crippen molar-refractivity contribution in [2.24, 2.45) is 23.2 Å². The number of carbonyl (C=O) groups excluding carboxylic acids is 2. The number of nitrogens with zero attached hydrogens (tertiary/aromatic N) is 2. The van der Waals surface area contributed by atoms with E-state index in [2.05, 4.69) is 46.4 Å². The third-order valence-electron chi connectivity index (χ3n) is 8.03. The molecule has 1 aromatic rings. The van der Waals surface area contributed by atoms with Crippen molar-refractivity contribution in [2.45, 2.75) is 52.1 Å². The summed E-state index contributed by atoms with van der Waals surface area (Å²) < 4.78 is 5.34. The number of likely N-dealkylation sites (N-methyl/N-ethyl adjacent to an activating group) is 1. The molecule has 0 aromatic heterocycles. The zero-order valence-corrected chi connectivity index (χ0v) is 21.3. The molecule has 3 fully saturated rings. The Morgan fingerprint density at radius 3 is 2.62 bits per heavy atom. The Morgan fingerprint density at radius 1 is 1.18 bits per heavy atom. The molecule has 2 heterocycles. The average Bonchev–Trinajstić information content (AvgIpc) is 3.42. The number of piperidine rings is 1. The van der Waals surface area contributed by atoms with Gasteiger partial charge in [0.1, 0.15) is 5.75 Å². The van der Waals surface area contributed by atoms with Gasteiger partial charge >= 0.3 is 0 Å². The Balaban J connectivity index is 1.21. The van der Waals surface area contributed by atoms with Crippen molar-refractivity contribution in [3.63, 3.8) is 0 Å². The van der Waals surface area contributed by atoms with E-state index >= 15 is 0 Å². The maximum atomic E-state index is 13.0. The van der Waals surface area contributed by atoms with Gasteiger partial charge in [0.15, 0.2) is 0 Å². The number of methoxy groups -OCH3 is 1. The van der Waals surface area contributed by atoms with Gasteiger partial charge in [0.25, 0.3) is 0 Å². The molecular formula is C27H42N4O3. The van der Waals surface area contributed by atoms with E-state index in [-0.39, 0.29) is 29.2 Å². The molecule has 1 spiro atoms. The van der Waals surface area contributed by atoms with Crippen LogP contribution in [0.1, 0.15) is 45.1 Å². The number of rotatable bonds is 9. The van der Waals surface area contributed by atoms with Crippen molar-refractivity contribution in [1.29, 1.82) is 0 Å². The Morgan fingerprint density at radius 2 is 1.94 bits per heavy atom. The van der Waals surface area contributed by atoms with Crippen LogP contribution in [0.2, 0.25) is 0 Å². The standard InChI is InChI=1S/C27H42N4O3/c1-19(2)16-31-18-27(14-24(31)26(33)28-3)13-23(27)25(32)29-15-20-8-10-30(11-9-20)17-21-6-5-7-22(12-21)34-4/h5-7,12,19-20,23-24H,8-11,13-18H2,1-4H3,(H,28,33)(H,29,32)/t23-,24+,27+/m1/s1. The van der Waals surface area contributed by atoms with Crippen LogP contribution in [0.4, 0.5) is 0 Å². The molecule has 0 bridgehead atoms. The highest BCUT2D eigenvalue weighted by atomic mass is 16.5. The summed E-state index contributed by atoms with van der Waals surface area (Å²) in [6.07, 6.45) is 3.95. The Kier molecular flexibility index (Phi) is 7.83. The van der Waals surface area contributed by atoms with Gasteiger partial charge in [0.05, 0.1) is 13.2 Å². The van der Waals surface area contributed by atoms with Gasteiger partial charge in [0.2, 0.25) is 11.8 Å². The van der Waals surface area contributed by atoms with E-state index < -0.39 is 0 Å². The second-order valence-corrected chi connectivity index (χ2v) is 11.1. The number of amides is 2. The zero-order chi connectivity index (χ0) is 24.3. The van der Waals surface area contributed by atoms with E-state index in [1.807, 2.05) is 12.1 Å². The van der Waals surface area contributed by atoms with E-state index in [0.29, 0.717) is 11.8 Å². The largest absolute Gasteiger partial charge is 0.497 e. The van der Waals surface area contributed by atoms with Crippen molar-refractivity contribution in [3.8, 4) is 5.75 Å². The molecule has 2 amide bonds. The Labute approximate surface area is 204 Å². The van der Waals surface area contributed by atoms with Crippen LogP contribution in [-0.4, -0.2) is 74.5 Å². The van der Waals surface area contributed by atoms with Crippen molar-refractivity contribution < 1.29 is 14.3 Å². The summed E-state index contributed by atoms with van der Waals surface area (Å²) in [5.74, 6) is 2.29. The number of hydrogen-bond acceptors (Lipinski definition) is 5. The molecule has 34 heavy (non-hydrogen) atoms. The summed E-state index contributed by atoms with van der Waals surface area (Å²) in [6, 6.07) is 8.19. The molecule has 3 aliphatic rings. The SMILES string of the molecule is CNC(=O)[C@@H]1C[C@@]2(C[C@@H]2C(=O)NCC2CCN(Cc3cccc(OC)c3)CC2)CN1CC(C)C. The highest BCUT2D eigenvalue weighted by Crippen LogP contribution is 2.60. The number of likely N-dealkylation sites (tertiary alicyclic amines) is 2. The van der Waals surface area contributed by atoms with Crippen molar-refractivity contribution in [3.05, 3.63) is 29.8 Å². The van der Waals surface area contributed by atoms with Crippen LogP contribution in [0.5, 0.6) is 5.75 Å². The lowest BCUT2D eigenvalue weighted by Gasteiger charge is -2.32. The molecule has 1 aliphatic carbocycles. The van der Waals surface area contributed by atoms with Crippen LogP contribution >= 0.6 is 0 Å². The quantitative estimate of drug-likeness (QED) is 0.580. The first-order valence-electron chi connectivity index (χ1n) is 12.9. The molecule has 3 atom stereocenters. The van der Waals surface area contributed by atoms with E-state index in [4.69, 9.17) is 4.74 Å². The van der Waals surface area contributed by atoms with Gasteiger partial charge in [-0.25, -0.2) is 0 Å². The van der Waals surface area contributed by atoms with Crippen LogP contribution < -0.4 is 15.4 Å². The molecule has 0 unspecified atom stereocenters. The van der Waals surface area contributed by atoms with Crippen LogP contribution in [0, 0.1) is 23.2 Å². The predicted octanol–water partition coefficient (Wildman–Crippen LogP) is 2.51. The maximum Gasteiger partial charge on any atom is 0.237 e. The first kappa shape index (κ1) is 25.0. The van der Waals surface area contributed by atoms with Gasteiger partial charge in [-0.2, -0.15) is 0 Å². The van der Waals surface area contributed by atoms with Gasteiger partial charge in [-0.3, -0.25) is 19.4 Å². The van der Waals surface area contributed by atoms with Crippen molar-refractivity contribution >= 4 is 11.8 Å². The number of hydrogen-bond donors (Lipinski definition) is 2. The second kappa shape index (κ2) is 10.6. The molecule has 2 N–H and O–H groups in total. The van der Waals surface area contributed by atoms with Gasteiger partial charge in [-0.05, 0) is 73.7 Å². The predicted molar refractivity (Wildman–Crippen MR) is 133 cm³/mol. The Hall–Kier alpha value is -2.12.